The molecule has 2 aromatic heterocycles. The fourth-order valence-electron chi connectivity index (χ4n) is 1.98. The van der Waals surface area contributed by atoms with Gasteiger partial charge in [-0.15, -0.1) is 0 Å². The third kappa shape index (κ3) is 4.59. The molecule has 2 heterocycles. The van der Waals surface area contributed by atoms with Crippen LogP contribution < -0.4 is 10.6 Å². The van der Waals surface area contributed by atoms with Gasteiger partial charge in [0.15, 0.2) is 0 Å². The van der Waals surface area contributed by atoms with E-state index in [1.165, 1.54) is 0 Å². The molecule has 0 aliphatic carbocycles. The maximum absolute atomic E-state index is 12.2. The van der Waals surface area contributed by atoms with E-state index in [4.69, 9.17) is 0 Å². The normalized spacial score (nSPS) is 10.3. The minimum absolute atomic E-state index is 0.0962. The molecule has 0 aliphatic rings. The Morgan fingerprint density at radius 3 is 3.00 bits per heavy atom. The third-order valence-electron chi connectivity index (χ3n) is 3.06. The average molecular weight is 287 g/mol. The molecule has 0 saturated carbocycles. The Balaban J connectivity index is 1.82. The highest BCUT2D eigenvalue weighted by Crippen LogP contribution is 2.13. The molecule has 6 heteroatoms. The molecule has 0 spiro atoms. The van der Waals surface area contributed by atoms with Gasteiger partial charge in [0.05, 0.1) is 11.3 Å². The van der Waals surface area contributed by atoms with Crippen molar-refractivity contribution in [2.45, 2.75) is 26.2 Å². The molecule has 0 aliphatic heterocycles. The number of hydrogen-bond donors (Lipinski definition) is 3. The van der Waals surface area contributed by atoms with Crippen LogP contribution in [0.5, 0.6) is 0 Å². The van der Waals surface area contributed by atoms with Crippen molar-refractivity contribution in [2.75, 3.05) is 18.4 Å². The van der Waals surface area contributed by atoms with Gasteiger partial charge in [-0.25, -0.2) is 4.98 Å². The van der Waals surface area contributed by atoms with Crippen molar-refractivity contribution in [3.63, 3.8) is 0 Å². The summed E-state index contributed by atoms with van der Waals surface area (Å²) in [5.41, 5.74) is 1.42. The summed E-state index contributed by atoms with van der Waals surface area (Å²) in [5, 5.41) is 6.16. The summed E-state index contributed by atoms with van der Waals surface area (Å²) in [7, 11) is 0. The average Bonchev–Trinajstić information content (AvgIpc) is 3.03. The predicted octanol–water partition coefficient (Wildman–Crippen LogP) is 1.99. The van der Waals surface area contributed by atoms with E-state index >= 15 is 0 Å². The second-order valence-electron chi connectivity index (χ2n) is 4.74. The van der Waals surface area contributed by atoms with Gasteiger partial charge in [-0.1, -0.05) is 6.92 Å². The SMILES string of the molecule is CCCNc1ccncc1C(=O)NCCCc1ncc[nH]1. The van der Waals surface area contributed by atoms with E-state index in [1.54, 1.807) is 24.8 Å². The lowest BCUT2D eigenvalue weighted by atomic mass is 10.2. The van der Waals surface area contributed by atoms with E-state index in [-0.39, 0.29) is 5.91 Å². The maximum atomic E-state index is 12.2. The minimum atomic E-state index is -0.0962. The van der Waals surface area contributed by atoms with Crippen LogP contribution in [0, 0.1) is 0 Å². The van der Waals surface area contributed by atoms with Crippen LogP contribution >= 0.6 is 0 Å². The summed E-state index contributed by atoms with van der Waals surface area (Å²) in [6.45, 7) is 3.53. The fraction of sp³-hybridized carbons (Fsp3) is 0.400. The molecular weight excluding hydrogens is 266 g/mol. The van der Waals surface area contributed by atoms with Gasteiger partial charge < -0.3 is 15.6 Å². The first kappa shape index (κ1) is 15.0. The summed E-state index contributed by atoms with van der Waals surface area (Å²) in [6, 6.07) is 1.83. The van der Waals surface area contributed by atoms with Gasteiger partial charge in [0.1, 0.15) is 5.82 Å². The first-order chi connectivity index (χ1) is 10.3. The highest BCUT2D eigenvalue weighted by atomic mass is 16.1. The number of hydrogen-bond acceptors (Lipinski definition) is 4. The molecule has 6 nitrogen and oxygen atoms in total. The summed E-state index contributed by atoms with van der Waals surface area (Å²) >= 11 is 0. The number of nitrogens with one attached hydrogen (secondary N) is 3. The maximum Gasteiger partial charge on any atom is 0.254 e. The zero-order valence-corrected chi connectivity index (χ0v) is 12.2. The Morgan fingerprint density at radius 2 is 2.24 bits per heavy atom. The molecule has 0 fully saturated rings. The Morgan fingerprint density at radius 1 is 1.33 bits per heavy atom. The molecule has 3 N–H and O–H groups in total. The molecule has 0 aromatic carbocycles. The van der Waals surface area contributed by atoms with Crippen LogP contribution in [0.1, 0.15) is 35.9 Å². The van der Waals surface area contributed by atoms with E-state index < -0.39 is 0 Å². The van der Waals surface area contributed by atoms with Crippen LogP contribution in [0.15, 0.2) is 30.9 Å². The molecule has 0 bridgehead atoms. The van der Waals surface area contributed by atoms with Crippen LogP contribution in [0.4, 0.5) is 5.69 Å². The van der Waals surface area contributed by atoms with Crippen molar-refractivity contribution in [3.05, 3.63) is 42.2 Å². The number of carbonyl (C=O) groups excluding carboxylic acids is 1. The lowest BCUT2D eigenvalue weighted by Gasteiger charge is -2.11. The number of anilines is 1. The van der Waals surface area contributed by atoms with Gasteiger partial charge in [-0.3, -0.25) is 9.78 Å². The van der Waals surface area contributed by atoms with E-state index in [1.807, 2.05) is 6.07 Å². The number of H-pyrrole nitrogens is 1. The number of pyridine rings is 1. The minimum Gasteiger partial charge on any atom is -0.384 e. The Kier molecular flexibility index (Phi) is 5.75. The second kappa shape index (κ2) is 8.04. The molecule has 2 aromatic rings. The Bertz CT molecular complexity index is 553. The topological polar surface area (TPSA) is 82.7 Å². The monoisotopic (exact) mass is 287 g/mol. The number of aryl methyl sites for hydroxylation is 1. The van der Waals surface area contributed by atoms with E-state index in [0.717, 1.165) is 37.3 Å². The quantitative estimate of drug-likeness (QED) is 0.648. The summed E-state index contributed by atoms with van der Waals surface area (Å²) in [5.74, 6) is 0.845. The van der Waals surface area contributed by atoms with Gasteiger partial charge >= 0.3 is 0 Å². The number of carbonyl (C=O) groups is 1. The molecular formula is C15H21N5O. The van der Waals surface area contributed by atoms with Crippen molar-refractivity contribution in [1.29, 1.82) is 0 Å². The molecule has 0 unspecified atom stereocenters. The van der Waals surface area contributed by atoms with Crippen molar-refractivity contribution >= 4 is 11.6 Å². The molecule has 1 amide bonds. The van der Waals surface area contributed by atoms with Crippen molar-refractivity contribution < 1.29 is 4.79 Å². The largest absolute Gasteiger partial charge is 0.384 e. The highest BCUT2D eigenvalue weighted by molar-refractivity contribution is 5.99. The lowest BCUT2D eigenvalue weighted by molar-refractivity contribution is 0.0953. The van der Waals surface area contributed by atoms with E-state index in [0.29, 0.717) is 12.1 Å². The van der Waals surface area contributed by atoms with Crippen molar-refractivity contribution in [3.8, 4) is 0 Å². The van der Waals surface area contributed by atoms with Gasteiger partial charge in [-0.2, -0.15) is 0 Å². The van der Waals surface area contributed by atoms with Gasteiger partial charge in [0, 0.05) is 44.3 Å². The summed E-state index contributed by atoms with van der Waals surface area (Å²) in [6.07, 6.45) is 9.49. The first-order valence-corrected chi connectivity index (χ1v) is 7.25. The van der Waals surface area contributed by atoms with E-state index in [9.17, 15) is 4.79 Å². The zero-order chi connectivity index (χ0) is 14.9. The van der Waals surface area contributed by atoms with E-state index in [2.05, 4.69) is 32.5 Å². The number of aromatic nitrogens is 3. The number of aromatic amines is 1. The first-order valence-electron chi connectivity index (χ1n) is 7.25. The lowest BCUT2D eigenvalue weighted by Crippen LogP contribution is -2.26. The summed E-state index contributed by atoms with van der Waals surface area (Å²) < 4.78 is 0. The predicted molar refractivity (Wildman–Crippen MR) is 82.3 cm³/mol. The fourth-order valence-corrected chi connectivity index (χ4v) is 1.98. The number of rotatable bonds is 8. The van der Waals surface area contributed by atoms with Crippen LogP contribution in [0.2, 0.25) is 0 Å². The summed E-state index contributed by atoms with van der Waals surface area (Å²) in [4.78, 5) is 23.4. The van der Waals surface area contributed by atoms with Crippen LogP contribution in [0.25, 0.3) is 0 Å². The molecule has 21 heavy (non-hydrogen) atoms. The number of amides is 1. The third-order valence-corrected chi connectivity index (χ3v) is 3.06. The van der Waals surface area contributed by atoms with Crippen LogP contribution in [-0.2, 0) is 6.42 Å². The van der Waals surface area contributed by atoms with Gasteiger partial charge in [0.2, 0.25) is 0 Å². The zero-order valence-electron chi connectivity index (χ0n) is 12.2. The molecule has 0 saturated heterocycles. The standard InChI is InChI=1S/C15H21N5O/c1-2-6-17-13-5-8-16-11-12(13)15(21)20-7-3-4-14-18-9-10-19-14/h5,8-11H,2-4,6-7H2,1H3,(H,16,17)(H,18,19)(H,20,21). The molecule has 2 rings (SSSR count). The second-order valence-corrected chi connectivity index (χ2v) is 4.74. The molecule has 112 valence electrons. The number of imidazole rings is 1. The van der Waals surface area contributed by atoms with Gasteiger partial charge in [-0.05, 0) is 18.9 Å². The number of nitrogens with zero attached hydrogens (tertiary/aromatic N) is 2. The van der Waals surface area contributed by atoms with Gasteiger partial charge in [0.25, 0.3) is 5.91 Å². The Labute approximate surface area is 124 Å². The van der Waals surface area contributed by atoms with Crippen LogP contribution in [0.3, 0.4) is 0 Å². The smallest absolute Gasteiger partial charge is 0.254 e. The van der Waals surface area contributed by atoms with Crippen molar-refractivity contribution in [2.24, 2.45) is 0 Å². The van der Waals surface area contributed by atoms with Crippen LogP contribution in [-0.4, -0.2) is 33.9 Å². The molecule has 0 radical (unpaired) electrons. The highest BCUT2D eigenvalue weighted by Gasteiger charge is 2.10. The van der Waals surface area contributed by atoms with Crippen molar-refractivity contribution in [1.82, 2.24) is 20.3 Å². The Hall–Kier alpha value is -2.37. The molecule has 0 atom stereocenters.